The second-order valence-corrected chi connectivity index (χ2v) is 13.2. The van der Waals surface area contributed by atoms with Crippen molar-refractivity contribution in [1.29, 1.82) is 0 Å². The Hall–Kier alpha value is -3.53. The van der Waals surface area contributed by atoms with E-state index in [-0.39, 0.29) is 23.4 Å². The Balaban J connectivity index is 1.20. The first kappa shape index (κ1) is 27.6. The van der Waals surface area contributed by atoms with E-state index in [0.717, 1.165) is 60.6 Å². The SMILES string of the molecule is CC1OCCC1C#Cc1cnc(Nc2ccnc(-c3cnn(S(=O)(=O)C4CC4)c3)n2)cc1NCC1CCC(O)CC1. The molecule has 0 spiro atoms. The Labute approximate surface area is 240 Å². The summed E-state index contributed by atoms with van der Waals surface area (Å²) in [5.41, 5.74) is 2.22. The van der Waals surface area contributed by atoms with Gasteiger partial charge in [0.15, 0.2) is 5.82 Å². The molecule has 2 aliphatic carbocycles. The lowest BCUT2D eigenvalue weighted by atomic mass is 9.87. The molecule has 12 heteroatoms. The van der Waals surface area contributed by atoms with Crippen LogP contribution in [0.15, 0.2) is 36.9 Å². The largest absolute Gasteiger partial charge is 0.393 e. The molecule has 0 bridgehead atoms. The van der Waals surface area contributed by atoms with Gasteiger partial charge in [0.05, 0.1) is 46.7 Å². The maximum Gasteiger partial charge on any atom is 0.256 e. The Morgan fingerprint density at radius 1 is 1.10 bits per heavy atom. The fourth-order valence-electron chi connectivity index (χ4n) is 5.24. The van der Waals surface area contributed by atoms with E-state index in [4.69, 9.17) is 4.74 Å². The molecule has 0 amide bonds. The summed E-state index contributed by atoms with van der Waals surface area (Å²) < 4.78 is 31.7. The van der Waals surface area contributed by atoms with Crippen molar-refractivity contribution in [3.05, 3.63) is 42.5 Å². The second kappa shape index (κ2) is 11.8. The number of nitrogens with one attached hydrogen (secondary N) is 2. The number of aliphatic hydroxyl groups is 1. The number of aliphatic hydroxyl groups excluding tert-OH is 1. The van der Waals surface area contributed by atoms with E-state index in [1.54, 1.807) is 18.5 Å². The van der Waals surface area contributed by atoms with Crippen LogP contribution in [-0.2, 0) is 14.8 Å². The van der Waals surface area contributed by atoms with Gasteiger partial charge < -0.3 is 20.5 Å². The standard InChI is InChI=1S/C29H35N7O4S/c1-19-21(11-13-40-19)4-5-22-16-32-28(14-26(22)31-15-20-2-6-24(37)7-3-20)34-27-10-12-30-29(35-27)23-17-33-36(18-23)41(38,39)25-8-9-25/h10,12,14,16-21,24-25,37H,2-3,6-9,11,13,15H2,1H3,(H2,30,31,32,34,35). The van der Waals surface area contributed by atoms with Gasteiger partial charge in [0.2, 0.25) is 0 Å². The van der Waals surface area contributed by atoms with Crippen molar-refractivity contribution in [3.8, 4) is 23.2 Å². The Morgan fingerprint density at radius 3 is 2.68 bits per heavy atom. The number of hydrogen-bond acceptors (Lipinski definition) is 10. The lowest BCUT2D eigenvalue weighted by molar-refractivity contribution is 0.111. The summed E-state index contributed by atoms with van der Waals surface area (Å²) in [6.45, 7) is 3.58. The maximum atomic E-state index is 12.5. The fraction of sp³-hybridized carbons (Fsp3) is 0.517. The van der Waals surface area contributed by atoms with Crippen LogP contribution in [0.4, 0.5) is 17.3 Å². The third kappa shape index (κ3) is 6.53. The van der Waals surface area contributed by atoms with Gasteiger partial charge in [-0.3, -0.25) is 0 Å². The third-order valence-electron chi connectivity index (χ3n) is 8.01. The molecule has 3 N–H and O–H groups in total. The number of pyridine rings is 1. The van der Waals surface area contributed by atoms with E-state index in [1.807, 2.05) is 6.07 Å². The maximum absolute atomic E-state index is 12.5. The molecule has 3 aromatic rings. The molecular formula is C29H35N7O4S. The number of aromatic nitrogens is 5. The van der Waals surface area contributed by atoms with E-state index in [1.165, 1.54) is 12.4 Å². The zero-order valence-electron chi connectivity index (χ0n) is 23.0. The van der Waals surface area contributed by atoms with Gasteiger partial charge in [-0.25, -0.2) is 23.4 Å². The quantitative estimate of drug-likeness (QED) is 0.340. The van der Waals surface area contributed by atoms with Crippen molar-refractivity contribution >= 4 is 27.3 Å². The molecule has 6 rings (SSSR count). The molecule has 3 aromatic heterocycles. The average Bonchev–Trinajstić information content (AvgIpc) is 3.58. The Kier molecular flexibility index (Phi) is 7.92. The number of ether oxygens (including phenoxy) is 1. The highest BCUT2D eigenvalue weighted by Crippen LogP contribution is 2.31. The van der Waals surface area contributed by atoms with Crippen LogP contribution in [0.2, 0.25) is 0 Å². The first-order valence-electron chi connectivity index (χ1n) is 14.3. The molecule has 1 aliphatic heterocycles. The van der Waals surface area contributed by atoms with Crippen molar-refractivity contribution < 1.29 is 18.3 Å². The summed E-state index contributed by atoms with van der Waals surface area (Å²) in [5, 5.41) is 20.4. The average molecular weight is 578 g/mol. The fourth-order valence-corrected chi connectivity index (χ4v) is 6.72. The lowest BCUT2D eigenvalue weighted by Crippen LogP contribution is -2.23. The topological polar surface area (TPSA) is 144 Å². The molecule has 41 heavy (non-hydrogen) atoms. The molecule has 4 heterocycles. The molecule has 3 fully saturated rings. The van der Waals surface area contributed by atoms with Crippen LogP contribution in [0.5, 0.6) is 0 Å². The molecule has 2 atom stereocenters. The van der Waals surface area contributed by atoms with Gasteiger partial charge in [-0.2, -0.15) is 9.19 Å². The number of rotatable bonds is 8. The highest BCUT2D eigenvalue weighted by Gasteiger charge is 2.37. The zero-order valence-corrected chi connectivity index (χ0v) is 23.8. The molecule has 3 aliphatic rings. The van der Waals surface area contributed by atoms with Gasteiger partial charge in [-0.15, -0.1) is 0 Å². The molecule has 11 nitrogen and oxygen atoms in total. The molecule has 216 valence electrons. The highest BCUT2D eigenvalue weighted by atomic mass is 32.2. The normalized spacial score (nSPS) is 24.4. The van der Waals surface area contributed by atoms with Gasteiger partial charge in [0, 0.05) is 37.5 Å². The number of hydrogen-bond donors (Lipinski definition) is 3. The zero-order chi connectivity index (χ0) is 28.4. The summed E-state index contributed by atoms with van der Waals surface area (Å²) in [6, 6.07) is 3.66. The summed E-state index contributed by atoms with van der Waals surface area (Å²) in [7, 11) is -3.46. The van der Waals surface area contributed by atoms with Crippen LogP contribution in [-0.4, -0.2) is 68.3 Å². The van der Waals surface area contributed by atoms with Gasteiger partial charge in [-0.05, 0) is 63.9 Å². The first-order chi connectivity index (χ1) is 19.8. The van der Waals surface area contributed by atoms with E-state index < -0.39 is 10.0 Å². The van der Waals surface area contributed by atoms with Crippen LogP contribution in [0.25, 0.3) is 11.4 Å². The Morgan fingerprint density at radius 2 is 1.93 bits per heavy atom. The molecule has 2 saturated carbocycles. The van der Waals surface area contributed by atoms with Crippen molar-refractivity contribution in [2.24, 2.45) is 11.8 Å². The lowest BCUT2D eigenvalue weighted by Gasteiger charge is -2.26. The highest BCUT2D eigenvalue weighted by molar-refractivity contribution is 7.90. The summed E-state index contributed by atoms with van der Waals surface area (Å²) in [6.07, 6.45) is 12.1. The minimum absolute atomic E-state index is 0.120. The van der Waals surface area contributed by atoms with Crippen molar-refractivity contribution in [2.45, 2.75) is 69.3 Å². The number of anilines is 3. The van der Waals surface area contributed by atoms with Crippen LogP contribution in [0, 0.1) is 23.7 Å². The molecule has 0 aromatic carbocycles. The summed E-state index contributed by atoms with van der Waals surface area (Å²) >= 11 is 0. The van der Waals surface area contributed by atoms with E-state index in [0.29, 0.717) is 41.8 Å². The molecule has 0 radical (unpaired) electrons. The van der Waals surface area contributed by atoms with E-state index in [2.05, 4.69) is 49.4 Å². The van der Waals surface area contributed by atoms with E-state index >= 15 is 0 Å². The monoisotopic (exact) mass is 577 g/mol. The second-order valence-electron chi connectivity index (χ2n) is 11.1. The summed E-state index contributed by atoms with van der Waals surface area (Å²) in [4.78, 5) is 13.5. The minimum atomic E-state index is -3.46. The van der Waals surface area contributed by atoms with Gasteiger partial charge >= 0.3 is 0 Å². The van der Waals surface area contributed by atoms with E-state index in [9.17, 15) is 13.5 Å². The van der Waals surface area contributed by atoms with Crippen molar-refractivity contribution in [1.82, 2.24) is 24.1 Å². The Bertz CT molecular complexity index is 1550. The van der Waals surface area contributed by atoms with Gasteiger partial charge in [-0.1, -0.05) is 11.8 Å². The van der Waals surface area contributed by atoms with Crippen LogP contribution in [0.3, 0.4) is 0 Å². The van der Waals surface area contributed by atoms with Crippen molar-refractivity contribution in [3.63, 3.8) is 0 Å². The van der Waals surface area contributed by atoms with Gasteiger partial charge in [0.1, 0.15) is 11.6 Å². The molecular weight excluding hydrogens is 542 g/mol. The molecule has 2 unspecified atom stereocenters. The molecule has 1 saturated heterocycles. The predicted octanol–water partition coefficient (Wildman–Crippen LogP) is 3.56. The smallest absolute Gasteiger partial charge is 0.256 e. The van der Waals surface area contributed by atoms with Crippen molar-refractivity contribution in [2.75, 3.05) is 23.8 Å². The first-order valence-corrected chi connectivity index (χ1v) is 15.8. The van der Waals surface area contributed by atoms with Crippen LogP contribution < -0.4 is 10.6 Å². The van der Waals surface area contributed by atoms with Gasteiger partial charge in [0.25, 0.3) is 10.0 Å². The van der Waals surface area contributed by atoms with Crippen LogP contribution in [0.1, 0.15) is 57.4 Å². The van der Waals surface area contributed by atoms with Crippen LogP contribution >= 0.6 is 0 Å². The third-order valence-corrected chi connectivity index (χ3v) is 10.0. The summed E-state index contributed by atoms with van der Waals surface area (Å²) in [5.74, 6) is 8.84. The predicted molar refractivity (Wildman–Crippen MR) is 155 cm³/mol. The minimum Gasteiger partial charge on any atom is -0.393 e. The number of nitrogens with zero attached hydrogens (tertiary/aromatic N) is 5.